The minimum absolute atomic E-state index is 0.0130. The Bertz CT molecular complexity index is 648. The number of aromatic carboxylic acids is 1. The Morgan fingerprint density at radius 2 is 2.05 bits per heavy atom. The number of aromatic nitrogens is 3. The van der Waals surface area contributed by atoms with Gasteiger partial charge in [-0.15, -0.1) is 0 Å². The number of nitrogens with zero attached hydrogens (tertiary/aromatic N) is 3. The molecule has 0 spiro atoms. The molecule has 1 amide bonds. The lowest BCUT2D eigenvalue weighted by molar-refractivity contribution is 0.0696. The van der Waals surface area contributed by atoms with Crippen LogP contribution in [-0.2, 0) is 7.05 Å². The van der Waals surface area contributed by atoms with Crippen LogP contribution >= 0.6 is 0 Å². The van der Waals surface area contributed by atoms with Gasteiger partial charge in [-0.2, -0.15) is 5.10 Å². The highest BCUT2D eigenvalue weighted by atomic mass is 16.4. The minimum Gasteiger partial charge on any atom is -0.478 e. The molecule has 0 aliphatic carbocycles. The van der Waals surface area contributed by atoms with E-state index in [1.54, 1.807) is 20.0 Å². The molecule has 0 saturated carbocycles. The zero-order chi connectivity index (χ0) is 14.0. The molecule has 2 aromatic rings. The van der Waals surface area contributed by atoms with Crippen molar-refractivity contribution < 1.29 is 14.7 Å². The molecule has 19 heavy (non-hydrogen) atoms. The maximum Gasteiger partial charge on any atom is 0.337 e. The monoisotopic (exact) mass is 260 g/mol. The van der Waals surface area contributed by atoms with Gasteiger partial charge in [0.15, 0.2) is 0 Å². The largest absolute Gasteiger partial charge is 0.478 e. The second-order valence-electron chi connectivity index (χ2n) is 4.02. The molecule has 0 aliphatic rings. The smallest absolute Gasteiger partial charge is 0.337 e. The van der Waals surface area contributed by atoms with Crippen molar-refractivity contribution in [1.29, 1.82) is 0 Å². The van der Waals surface area contributed by atoms with Gasteiger partial charge in [0, 0.05) is 13.2 Å². The van der Waals surface area contributed by atoms with E-state index < -0.39 is 5.97 Å². The minimum atomic E-state index is -1.10. The van der Waals surface area contributed by atoms with Crippen LogP contribution in [0.15, 0.2) is 24.5 Å². The number of carbonyl (C=O) groups is 2. The first-order chi connectivity index (χ1) is 8.97. The van der Waals surface area contributed by atoms with Crippen LogP contribution in [-0.4, -0.2) is 31.7 Å². The summed E-state index contributed by atoms with van der Waals surface area (Å²) in [5, 5.41) is 15.5. The lowest BCUT2D eigenvalue weighted by Crippen LogP contribution is -2.16. The highest BCUT2D eigenvalue weighted by Crippen LogP contribution is 2.11. The molecular formula is C12H12N4O3. The topological polar surface area (TPSA) is 97.1 Å². The van der Waals surface area contributed by atoms with Crippen molar-refractivity contribution in [2.45, 2.75) is 6.92 Å². The number of anilines is 1. The first kappa shape index (κ1) is 12.7. The van der Waals surface area contributed by atoms with E-state index in [1.165, 1.54) is 23.1 Å². The van der Waals surface area contributed by atoms with E-state index >= 15 is 0 Å². The lowest BCUT2D eigenvalue weighted by Gasteiger charge is -2.05. The molecule has 0 radical (unpaired) electrons. The fraction of sp³-hybridized carbons (Fsp3) is 0.167. The Labute approximate surface area is 108 Å². The molecule has 0 unspecified atom stereocenters. The summed E-state index contributed by atoms with van der Waals surface area (Å²) in [5.74, 6) is -1.47. The highest BCUT2D eigenvalue weighted by molar-refractivity contribution is 6.03. The molecule has 0 aromatic carbocycles. The quantitative estimate of drug-likeness (QED) is 0.860. The van der Waals surface area contributed by atoms with E-state index in [0.717, 1.165) is 5.69 Å². The van der Waals surface area contributed by atoms with E-state index in [1.807, 2.05) is 0 Å². The maximum absolute atomic E-state index is 12.0. The number of nitrogens with one attached hydrogen (secondary N) is 1. The fourth-order valence-electron chi connectivity index (χ4n) is 1.64. The second kappa shape index (κ2) is 4.89. The summed E-state index contributed by atoms with van der Waals surface area (Å²) in [4.78, 5) is 26.5. The number of rotatable bonds is 3. The lowest BCUT2D eigenvalue weighted by atomic mass is 10.2. The Hall–Kier alpha value is -2.70. The van der Waals surface area contributed by atoms with Crippen molar-refractivity contribution >= 4 is 17.6 Å². The third kappa shape index (κ3) is 2.76. The number of carboxylic acids is 1. The predicted molar refractivity (Wildman–Crippen MR) is 67.1 cm³/mol. The number of carbonyl (C=O) groups excluding carboxylic acids is 1. The molecule has 2 N–H and O–H groups in total. The van der Waals surface area contributed by atoms with E-state index in [4.69, 9.17) is 5.11 Å². The molecule has 2 rings (SSSR count). The van der Waals surface area contributed by atoms with Gasteiger partial charge in [0.05, 0.1) is 23.1 Å². The van der Waals surface area contributed by atoms with Gasteiger partial charge in [0.25, 0.3) is 5.91 Å². The molecule has 0 atom stereocenters. The van der Waals surface area contributed by atoms with E-state index in [9.17, 15) is 9.59 Å². The fourth-order valence-corrected chi connectivity index (χ4v) is 1.64. The summed E-state index contributed by atoms with van der Waals surface area (Å²) < 4.78 is 1.46. The molecule has 0 bridgehead atoms. The van der Waals surface area contributed by atoms with E-state index in [2.05, 4.69) is 15.4 Å². The third-order valence-electron chi connectivity index (χ3n) is 2.48. The van der Waals surface area contributed by atoms with Crippen LogP contribution in [0, 0.1) is 6.92 Å². The SMILES string of the molecule is Cc1cc(C(=O)Nc2cncc(C(=O)O)c2)n(C)n1. The Kier molecular flexibility index (Phi) is 3.28. The first-order valence-electron chi connectivity index (χ1n) is 5.47. The van der Waals surface area contributed by atoms with Gasteiger partial charge in [-0.25, -0.2) is 4.79 Å². The van der Waals surface area contributed by atoms with Crippen molar-refractivity contribution in [3.63, 3.8) is 0 Å². The third-order valence-corrected chi connectivity index (χ3v) is 2.48. The average Bonchev–Trinajstić information content (AvgIpc) is 2.69. The summed E-state index contributed by atoms with van der Waals surface area (Å²) in [5.41, 5.74) is 1.45. The maximum atomic E-state index is 12.0. The van der Waals surface area contributed by atoms with Gasteiger partial charge >= 0.3 is 5.97 Å². The Balaban J connectivity index is 2.21. The second-order valence-corrected chi connectivity index (χ2v) is 4.02. The molecule has 7 heteroatoms. The van der Waals surface area contributed by atoms with Crippen LogP contribution in [0.3, 0.4) is 0 Å². The molecule has 7 nitrogen and oxygen atoms in total. The summed E-state index contributed by atoms with van der Waals surface area (Å²) in [6.45, 7) is 1.78. The summed E-state index contributed by atoms with van der Waals surface area (Å²) in [6.07, 6.45) is 2.60. The van der Waals surface area contributed by atoms with Gasteiger partial charge in [-0.05, 0) is 19.1 Å². The zero-order valence-corrected chi connectivity index (χ0v) is 10.4. The number of amides is 1. The number of carboxylic acid groups (broad SMARTS) is 1. The summed E-state index contributed by atoms with van der Waals surface area (Å²) in [6, 6.07) is 2.99. The van der Waals surface area contributed by atoms with Crippen LogP contribution in [0.2, 0.25) is 0 Å². The first-order valence-corrected chi connectivity index (χ1v) is 5.47. The van der Waals surface area contributed by atoms with E-state index in [-0.39, 0.29) is 11.5 Å². The van der Waals surface area contributed by atoms with Gasteiger partial charge in [-0.1, -0.05) is 0 Å². The number of aryl methyl sites for hydroxylation is 2. The van der Waals surface area contributed by atoms with Gasteiger partial charge in [0.2, 0.25) is 0 Å². The average molecular weight is 260 g/mol. The highest BCUT2D eigenvalue weighted by Gasteiger charge is 2.13. The van der Waals surface area contributed by atoms with Crippen molar-refractivity contribution in [2.24, 2.45) is 7.05 Å². The van der Waals surface area contributed by atoms with Gasteiger partial charge < -0.3 is 10.4 Å². The van der Waals surface area contributed by atoms with Gasteiger partial charge in [-0.3, -0.25) is 14.5 Å². The molecule has 2 aromatic heterocycles. The predicted octanol–water partition coefficient (Wildman–Crippen LogP) is 1.07. The summed E-state index contributed by atoms with van der Waals surface area (Å²) in [7, 11) is 1.66. The number of hydrogen-bond acceptors (Lipinski definition) is 4. The van der Waals surface area contributed by atoms with Crippen molar-refractivity contribution in [1.82, 2.24) is 14.8 Å². The molecule has 0 fully saturated rings. The van der Waals surface area contributed by atoms with Crippen molar-refractivity contribution in [2.75, 3.05) is 5.32 Å². The summed E-state index contributed by atoms with van der Waals surface area (Å²) >= 11 is 0. The zero-order valence-electron chi connectivity index (χ0n) is 10.4. The van der Waals surface area contributed by atoms with E-state index in [0.29, 0.717) is 11.4 Å². The molecule has 0 saturated heterocycles. The van der Waals surface area contributed by atoms with Crippen molar-refractivity contribution in [3.05, 3.63) is 41.5 Å². The number of pyridine rings is 1. The van der Waals surface area contributed by atoms with Crippen LogP contribution < -0.4 is 5.32 Å². The molecule has 98 valence electrons. The van der Waals surface area contributed by atoms with Gasteiger partial charge in [0.1, 0.15) is 5.69 Å². The number of hydrogen-bond donors (Lipinski definition) is 2. The molecule has 0 aliphatic heterocycles. The van der Waals surface area contributed by atoms with Crippen LogP contribution in [0.4, 0.5) is 5.69 Å². The Morgan fingerprint density at radius 1 is 1.32 bits per heavy atom. The van der Waals surface area contributed by atoms with Crippen LogP contribution in [0.25, 0.3) is 0 Å². The van der Waals surface area contributed by atoms with Crippen LogP contribution in [0.1, 0.15) is 26.5 Å². The van der Waals surface area contributed by atoms with Crippen molar-refractivity contribution in [3.8, 4) is 0 Å². The normalized spacial score (nSPS) is 10.2. The van der Waals surface area contributed by atoms with Crippen LogP contribution in [0.5, 0.6) is 0 Å². The molecular weight excluding hydrogens is 248 g/mol. The Morgan fingerprint density at radius 3 is 2.63 bits per heavy atom. The standard InChI is InChI=1S/C12H12N4O3/c1-7-3-10(16(2)15-7)11(17)14-9-4-8(12(18)19)5-13-6-9/h3-6H,1-2H3,(H,14,17)(H,18,19). The molecule has 2 heterocycles.